The zero-order chi connectivity index (χ0) is 18.1. The molecular weight excluding hydrogens is 319 g/mol. The molecule has 0 aliphatic carbocycles. The van der Waals surface area contributed by atoms with E-state index in [4.69, 9.17) is 5.73 Å². The van der Waals surface area contributed by atoms with E-state index >= 15 is 0 Å². The summed E-state index contributed by atoms with van der Waals surface area (Å²) in [5.74, 6) is 0.230. The zero-order valence-electron chi connectivity index (χ0n) is 13.5. The standard InChI is InChI=1S/C17H18F3N3O/c1-4-5-13-15(21)22-9-14(23-13)12-8-11(7-6-10(12)2)16(3,24)17(18,19)20/h4-9,24H,1-3H3,(H2,21,22)/b5-4-. The molecule has 0 fully saturated rings. The number of aryl methyl sites for hydroxylation is 1. The Balaban J connectivity index is 2.60. The van der Waals surface area contributed by atoms with Gasteiger partial charge in [0.25, 0.3) is 0 Å². The van der Waals surface area contributed by atoms with Gasteiger partial charge in [0.2, 0.25) is 0 Å². The second-order valence-corrected chi connectivity index (χ2v) is 5.63. The number of aromatic nitrogens is 2. The molecule has 7 heteroatoms. The molecule has 0 amide bonds. The fraction of sp³-hybridized carbons (Fsp3) is 0.294. The van der Waals surface area contributed by atoms with Crippen LogP contribution in [0.25, 0.3) is 17.3 Å². The van der Waals surface area contributed by atoms with Crippen LogP contribution in [0.3, 0.4) is 0 Å². The van der Waals surface area contributed by atoms with Crippen molar-refractivity contribution in [2.75, 3.05) is 5.73 Å². The molecule has 1 heterocycles. The average Bonchev–Trinajstić information content (AvgIpc) is 2.49. The van der Waals surface area contributed by atoms with E-state index in [2.05, 4.69) is 9.97 Å². The van der Waals surface area contributed by atoms with Crippen LogP contribution in [0.1, 0.15) is 30.7 Å². The van der Waals surface area contributed by atoms with Gasteiger partial charge in [-0.1, -0.05) is 18.2 Å². The van der Waals surface area contributed by atoms with E-state index in [1.165, 1.54) is 24.4 Å². The molecular formula is C17H18F3N3O. The molecule has 2 rings (SSSR count). The molecule has 128 valence electrons. The summed E-state index contributed by atoms with van der Waals surface area (Å²) in [6, 6.07) is 4.05. The highest BCUT2D eigenvalue weighted by Crippen LogP contribution is 2.40. The number of aliphatic hydroxyl groups is 1. The van der Waals surface area contributed by atoms with Crippen LogP contribution in [0.15, 0.2) is 30.5 Å². The van der Waals surface area contributed by atoms with Gasteiger partial charge in [0.05, 0.1) is 11.9 Å². The molecule has 1 atom stereocenters. The fourth-order valence-electron chi connectivity index (χ4n) is 2.19. The number of hydrogen-bond acceptors (Lipinski definition) is 4. The molecule has 3 N–H and O–H groups in total. The first kappa shape index (κ1) is 17.9. The highest BCUT2D eigenvalue weighted by molar-refractivity contribution is 5.68. The fourth-order valence-corrected chi connectivity index (χ4v) is 2.19. The van der Waals surface area contributed by atoms with E-state index < -0.39 is 11.8 Å². The number of anilines is 1. The summed E-state index contributed by atoms with van der Waals surface area (Å²) < 4.78 is 39.2. The molecule has 0 saturated heterocycles. The Kier molecular flexibility index (Phi) is 4.66. The van der Waals surface area contributed by atoms with Crippen LogP contribution in [0.5, 0.6) is 0 Å². The highest BCUT2D eigenvalue weighted by Gasteiger charge is 2.51. The lowest BCUT2D eigenvalue weighted by Gasteiger charge is -2.27. The quantitative estimate of drug-likeness (QED) is 0.893. The van der Waals surface area contributed by atoms with Gasteiger partial charge >= 0.3 is 6.18 Å². The van der Waals surface area contributed by atoms with Crippen LogP contribution in [0.4, 0.5) is 19.0 Å². The molecule has 0 aliphatic rings. The first-order chi connectivity index (χ1) is 11.1. The Bertz CT molecular complexity index is 783. The van der Waals surface area contributed by atoms with E-state index in [1.807, 2.05) is 0 Å². The third-order valence-electron chi connectivity index (χ3n) is 3.78. The minimum Gasteiger partial charge on any atom is -0.382 e. The SMILES string of the molecule is C/C=C\c1nc(-c2cc(C(C)(O)C(F)(F)F)ccc2C)cnc1N. The number of allylic oxidation sites excluding steroid dienone is 1. The predicted octanol–water partition coefficient (Wildman–Crippen LogP) is 3.84. The van der Waals surface area contributed by atoms with Gasteiger partial charge in [-0.15, -0.1) is 0 Å². The molecule has 0 saturated carbocycles. The third kappa shape index (κ3) is 3.26. The summed E-state index contributed by atoms with van der Waals surface area (Å²) in [5.41, 5.74) is 4.50. The Morgan fingerprint density at radius 3 is 2.50 bits per heavy atom. The smallest absolute Gasteiger partial charge is 0.382 e. The Morgan fingerprint density at radius 1 is 1.25 bits per heavy atom. The summed E-state index contributed by atoms with van der Waals surface area (Å²) in [6.07, 6.45) is 0.0119. The lowest BCUT2D eigenvalue weighted by Crippen LogP contribution is -2.39. The van der Waals surface area contributed by atoms with Crippen molar-refractivity contribution in [2.45, 2.75) is 32.5 Å². The van der Waals surface area contributed by atoms with Crippen molar-refractivity contribution in [1.29, 1.82) is 0 Å². The molecule has 1 aromatic carbocycles. The van der Waals surface area contributed by atoms with Crippen LogP contribution in [-0.4, -0.2) is 21.3 Å². The van der Waals surface area contributed by atoms with Gasteiger partial charge in [0.1, 0.15) is 11.5 Å². The maximum Gasteiger partial charge on any atom is 0.421 e. The second-order valence-electron chi connectivity index (χ2n) is 5.63. The first-order valence-electron chi connectivity index (χ1n) is 7.23. The molecule has 2 aromatic rings. The van der Waals surface area contributed by atoms with Crippen molar-refractivity contribution in [3.05, 3.63) is 47.3 Å². The normalized spacial score (nSPS) is 14.8. The number of nitrogens with zero attached hydrogens (tertiary/aromatic N) is 2. The van der Waals surface area contributed by atoms with Crippen LogP contribution in [-0.2, 0) is 5.60 Å². The number of nitrogens with two attached hydrogens (primary N) is 1. The molecule has 0 spiro atoms. The second kappa shape index (κ2) is 6.24. The van der Waals surface area contributed by atoms with Gasteiger partial charge in [-0.2, -0.15) is 13.2 Å². The van der Waals surface area contributed by atoms with Gasteiger partial charge in [0.15, 0.2) is 5.60 Å². The molecule has 1 aromatic heterocycles. The van der Waals surface area contributed by atoms with E-state index in [-0.39, 0.29) is 11.4 Å². The van der Waals surface area contributed by atoms with E-state index in [9.17, 15) is 18.3 Å². The summed E-state index contributed by atoms with van der Waals surface area (Å²) in [4.78, 5) is 8.38. The van der Waals surface area contributed by atoms with Crippen molar-refractivity contribution in [2.24, 2.45) is 0 Å². The van der Waals surface area contributed by atoms with Crippen LogP contribution in [0.2, 0.25) is 0 Å². The highest BCUT2D eigenvalue weighted by atomic mass is 19.4. The summed E-state index contributed by atoms with van der Waals surface area (Å²) in [6.45, 7) is 4.26. The van der Waals surface area contributed by atoms with E-state index in [0.717, 1.165) is 6.92 Å². The van der Waals surface area contributed by atoms with Crippen molar-refractivity contribution in [1.82, 2.24) is 9.97 Å². The van der Waals surface area contributed by atoms with Gasteiger partial charge in [-0.3, -0.25) is 0 Å². The minimum atomic E-state index is -4.79. The largest absolute Gasteiger partial charge is 0.421 e. The van der Waals surface area contributed by atoms with Crippen LogP contribution < -0.4 is 5.73 Å². The van der Waals surface area contributed by atoms with Gasteiger partial charge in [-0.25, -0.2) is 9.97 Å². The third-order valence-corrected chi connectivity index (χ3v) is 3.78. The molecule has 0 aliphatic heterocycles. The van der Waals surface area contributed by atoms with Gasteiger partial charge in [0, 0.05) is 5.56 Å². The maximum absolute atomic E-state index is 13.1. The van der Waals surface area contributed by atoms with E-state index in [1.54, 1.807) is 26.0 Å². The van der Waals surface area contributed by atoms with Crippen molar-refractivity contribution in [3.63, 3.8) is 0 Å². The number of halogens is 3. The number of rotatable bonds is 3. The Hall–Kier alpha value is -2.41. The number of hydrogen-bond donors (Lipinski definition) is 2. The Morgan fingerprint density at radius 2 is 1.92 bits per heavy atom. The minimum absolute atomic E-state index is 0.230. The number of nitrogen functional groups attached to an aromatic ring is 1. The summed E-state index contributed by atoms with van der Waals surface area (Å²) in [5, 5.41) is 9.88. The van der Waals surface area contributed by atoms with Gasteiger partial charge < -0.3 is 10.8 Å². The molecule has 24 heavy (non-hydrogen) atoms. The molecule has 0 bridgehead atoms. The summed E-state index contributed by atoms with van der Waals surface area (Å²) >= 11 is 0. The predicted molar refractivity (Wildman–Crippen MR) is 87.0 cm³/mol. The molecule has 1 unspecified atom stereocenters. The van der Waals surface area contributed by atoms with Crippen LogP contribution >= 0.6 is 0 Å². The van der Waals surface area contributed by atoms with Crippen molar-refractivity contribution < 1.29 is 18.3 Å². The van der Waals surface area contributed by atoms with Crippen molar-refractivity contribution in [3.8, 4) is 11.3 Å². The van der Waals surface area contributed by atoms with Gasteiger partial charge in [-0.05, 0) is 44.0 Å². The average molecular weight is 337 g/mol. The number of alkyl halides is 3. The summed E-state index contributed by atoms with van der Waals surface area (Å²) in [7, 11) is 0. The first-order valence-corrected chi connectivity index (χ1v) is 7.23. The molecule has 0 radical (unpaired) electrons. The Labute approximate surface area is 137 Å². The maximum atomic E-state index is 13.1. The van der Waals surface area contributed by atoms with Crippen LogP contribution in [0, 0.1) is 6.92 Å². The van der Waals surface area contributed by atoms with E-state index in [0.29, 0.717) is 22.5 Å². The van der Waals surface area contributed by atoms with Crippen molar-refractivity contribution >= 4 is 11.9 Å². The lowest BCUT2D eigenvalue weighted by atomic mass is 9.91. The molecule has 4 nitrogen and oxygen atoms in total. The zero-order valence-corrected chi connectivity index (χ0v) is 13.5. The lowest BCUT2D eigenvalue weighted by molar-refractivity contribution is -0.258. The monoisotopic (exact) mass is 337 g/mol. The topological polar surface area (TPSA) is 72.0 Å². The number of benzene rings is 1.